The first-order valence-corrected chi connectivity index (χ1v) is 7.09. The summed E-state index contributed by atoms with van der Waals surface area (Å²) in [4.78, 5) is 47.7. The van der Waals surface area contributed by atoms with Gasteiger partial charge in [-0.2, -0.15) is 0 Å². The van der Waals surface area contributed by atoms with E-state index in [1.807, 2.05) is 0 Å². The first-order valence-electron chi connectivity index (χ1n) is 7.09. The lowest BCUT2D eigenvalue weighted by Gasteiger charge is -2.11. The standard InChI is InChI=1S/C16H16N2O7/c1-8-12(16(22)25-18(8)2)13(19)17-11-7-9(14(20)23-3)5-6-10(11)15(21)24-4/h5-7H,1-4H3,(H,17,19). The Hall–Kier alpha value is -3.36. The van der Waals surface area contributed by atoms with E-state index in [1.165, 1.54) is 46.4 Å². The monoisotopic (exact) mass is 348 g/mol. The fraction of sp³-hybridized carbons (Fsp3) is 0.250. The minimum Gasteiger partial charge on any atom is -0.465 e. The number of nitrogens with zero attached hydrogens (tertiary/aromatic N) is 1. The maximum Gasteiger partial charge on any atom is 0.370 e. The zero-order chi connectivity index (χ0) is 18.7. The predicted molar refractivity (Wildman–Crippen MR) is 85.8 cm³/mol. The smallest absolute Gasteiger partial charge is 0.370 e. The van der Waals surface area contributed by atoms with Crippen LogP contribution in [0.2, 0.25) is 0 Å². The van der Waals surface area contributed by atoms with Gasteiger partial charge in [-0.15, -0.1) is 0 Å². The molecule has 0 atom stereocenters. The number of nitrogens with one attached hydrogen (secondary N) is 1. The molecule has 25 heavy (non-hydrogen) atoms. The molecule has 0 bridgehead atoms. The van der Waals surface area contributed by atoms with Crippen LogP contribution in [0.4, 0.5) is 5.69 Å². The quantitative estimate of drug-likeness (QED) is 0.823. The van der Waals surface area contributed by atoms with Crippen LogP contribution in [0.3, 0.4) is 0 Å². The predicted octanol–water partition coefficient (Wildman–Crippen LogP) is 1.11. The van der Waals surface area contributed by atoms with Gasteiger partial charge in [0.15, 0.2) is 0 Å². The number of amides is 1. The first kappa shape index (κ1) is 18.0. The number of carbonyl (C=O) groups is 3. The molecule has 1 amide bonds. The third kappa shape index (κ3) is 3.44. The second-order valence-corrected chi connectivity index (χ2v) is 5.03. The van der Waals surface area contributed by atoms with E-state index >= 15 is 0 Å². The van der Waals surface area contributed by atoms with Crippen LogP contribution in [-0.2, 0) is 16.5 Å². The fourth-order valence-corrected chi connectivity index (χ4v) is 2.17. The second kappa shape index (κ2) is 7.04. The number of anilines is 1. The second-order valence-electron chi connectivity index (χ2n) is 5.03. The maximum atomic E-state index is 12.4. The number of aryl methyl sites for hydroxylation is 1. The Balaban J connectivity index is 2.48. The van der Waals surface area contributed by atoms with Gasteiger partial charge in [-0.3, -0.25) is 4.79 Å². The van der Waals surface area contributed by atoms with E-state index in [0.717, 1.165) is 4.74 Å². The Morgan fingerprint density at radius 1 is 1.12 bits per heavy atom. The molecule has 0 radical (unpaired) electrons. The van der Waals surface area contributed by atoms with Crippen LogP contribution in [0.1, 0.15) is 36.8 Å². The van der Waals surface area contributed by atoms with Crippen molar-refractivity contribution in [3.8, 4) is 0 Å². The molecular formula is C16H16N2O7. The first-order chi connectivity index (χ1) is 11.8. The van der Waals surface area contributed by atoms with E-state index < -0.39 is 23.5 Å². The molecule has 1 aromatic heterocycles. The minimum atomic E-state index is -0.818. The number of aromatic nitrogens is 1. The molecule has 0 fully saturated rings. The number of hydrogen-bond acceptors (Lipinski definition) is 7. The van der Waals surface area contributed by atoms with Crippen LogP contribution >= 0.6 is 0 Å². The van der Waals surface area contributed by atoms with Crippen molar-refractivity contribution in [3.63, 3.8) is 0 Å². The molecule has 1 aromatic carbocycles. The summed E-state index contributed by atoms with van der Waals surface area (Å²) >= 11 is 0. The van der Waals surface area contributed by atoms with Crippen LogP contribution in [0, 0.1) is 6.92 Å². The van der Waals surface area contributed by atoms with Crippen molar-refractivity contribution in [2.75, 3.05) is 19.5 Å². The van der Waals surface area contributed by atoms with Crippen LogP contribution in [0.5, 0.6) is 0 Å². The zero-order valence-electron chi connectivity index (χ0n) is 14.0. The summed E-state index contributed by atoms with van der Waals surface area (Å²) in [6.45, 7) is 1.53. The summed E-state index contributed by atoms with van der Waals surface area (Å²) in [5, 5.41) is 2.44. The molecule has 0 aliphatic carbocycles. The van der Waals surface area contributed by atoms with Gasteiger partial charge in [0.05, 0.1) is 36.7 Å². The number of methoxy groups -OCH3 is 2. The summed E-state index contributed by atoms with van der Waals surface area (Å²) in [5.41, 5.74) is -0.583. The third-order valence-electron chi connectivity index (χ3n) is 3.58. The molecule has 0 aliphatic rings. The SMILES string of the molecule is COC(=O)c1ccc(C(=O)OC)c(NC(=O)c2c(C)n(C)oc2=O)c1. The molecule has 1 heterocycles. The highest BCUT2D eigenvalue weighted by Gasteiger charge is 2.23. The zero-order valence-corrected chi connectivity index (χ0v) is 14.0. The molecule has 132 valence electrons. The molecule has 0 unspecified atom stereocenters. The van der Waals surface area contributed by atoms with Crippen LogP contribution in [0.25, 0.3) is 0 Å². The minimum absolute atomic E-state index is 0.00223. The molecule has 9 nitrogen and oxygen atoms in total. The van der Waals surface area contributed by atoms with Gasteiger partial charge in [-0.25, -0.2) is 19.1 Å². The summed E-state index contributed by atoms with van der Waals surface area (Å²) in [6, 6.07) is 3.93. The molecule has 9 heteroatoms. The Labute approximate surface area is 142 Å². The Morgan fingerprint density at radius 2 is 1.76 bits per heavy atom. The molecule has 2 rings (SSSR count). The highest BCUT2D eigenvalue weighted by Crippen LogP contribution is 2.21. The van der Waals surface area contributed by atoms with E-state index in [9.17, 15) is 19.2 Å². The van der Waals surface area contributed by atoms with Crippen molar-refractivity contribution in [2.24, 2.45) is 7.05 Å². The van der Waals surface area contributed by atoms with Gasteiger partial charge in [0.1, 0.15) is 5.56 Å². The number of esters is 2. The van der Waals surface area contributed by atoms with E-state index in [2.05, 4.69) is 14.8 Å². The highest BCUT2D eigenvalue weighted by molar-refractivity contribution is 6.09. The van der Waals surface area contributed by atoms with Gasteiger partial charge in [0.25, 0.3) is 5.91 Å². The Bertz CT molecular complexity index is 908. The maximum absolute atomic E-state index is 12.4. The van der Waals surface area contributed by atoms with Gasteiger partial charge < -0.3 is 19.3 Å². The van der Waals surface area contributed by atoms with Crippen molar-refractivity contribution in [1.29, 1.82) is 0 Å². The summed E-state index contributed by atoms with van der Waals surface area (Å²) in [7, 11) is 3.86. The van der Waals surface area contributed by atoms with E-state index in [4.69, 9.17) is 4.52 Å². The van der Waals surface area contributed by atoms with Crippen molar-refractivity contribution in [3.05, 3.63) is 51.0 Å². The van der Waals surface area contributed by atoms with Crippen LogP contribution in [-0.4, -0.2) is 36.8 Å². The van der Waals surface area contributed by atoms with Crippen molar-refractivity contribution >= 4 is 23.5 Å². The molecule has 1 N–H and O–H groups in total. The van der Waals surface area contributed by atoms with Crippen molar-refractivity contribution < 1.29 is 28.4 Å². The lowest BCUT2D eigenvalue weighted by atomic mass is 10.1. The summed E-state index contributed by atoms with van der Waals surface area (Å²) < 4.78 is 15.2. The third-order valence-corrected chi connectivity index (χ3v) is 3.58. The normalized spacial score (nSPS) is 10.2. The number of hydrogen-bond donors (Lipinski definition) is 1. The van der Waals surface area contributed by atoms with E-state index in [-0.39, 0.29) is 22.4 Å². The van der Waals surface area contributed by atoms with Crippen LogP contribution < -0.4 is 10.9 Å². The molecule has 0 saturated carbocycles. The number of rotatable bonds is 4. The van der Waals surface area contributed by atoms with Gasteiger partial charge in [0, 0.05) is 7.05 Å². The lowest BCUT2D eigenvalue weighted by molar-refractivity contribution is 0.0587. The van der Waals surface area contributed by atoms with Gasteiger partial charge >= 0.3 is 17.6 Å². The number of benzene rings is 1. The topological polar surface area (TPSA) is 117 Å². The summed E-state index contributed by atoms with van der Waals surface area (Å²) in [5.74, 6) is -2.15. The van der Waals surface area contributed by atoms with Gasteiger partial charge in [-0.1, -0.05) is 0 Å². The fourth-order valence-electron chi connectivity index (χ4n) is 2.17. The van der Waals surface area contributed by atoms with Gasteiger partial charge in [0.2, 0.25) is 0 Å². The number of carbonyl (C=O) groups excluding carboxylic acids is 3. The molecule has 2 aromatic rings. The summed E-state index contributed by atoms with van der Waals surface area (Å²) in [6.07, 6.45) is 0. The average molecular weight is 348 g/mol. The molecule has 0 saturated heterocycles. The largest absolute Gasteiger partial charge is 0.465 e. The van der Waals surface area contributed by atoms with Gasteiger partial charge in [-0.05, 0) is 25.1 Å². The highest BCUT2D eigenvalue weighted by atomic mass is 16.5. The molecule has 0 aliphatic heterocycles. The van der Waals surface area contributed by atoms with E-state index in [1.54, 1.807) is 0 Å². The Kier molecular flexibility index (Phi) is 5.06. The average Bonchev–Trinajstić information content (AvgIpc) is 2.85. The van der Waals surface area contributed by atoms with Crippen molar-refractivity contribution in [2.45, 2.75) is 6.92 Å². The van der Waals surface area contributed by atoms with E-state index in [0.29, 0.717) is 5.69 Å². The van der Waals surface area contributed by atoms with Crippen molar-refractivity contribution in [1.82, 2.24) is 4.74 Å². The van der Waals surface area contributed by atoms with Crippen LogP contribution in [0.15, 0.2) is 27.5 Å². The molecule has 0 spiro atoms. The lowest BCUT2D eigenvalue weighted by Crippen LogP contribution is -2.21. The molecular weight excluding hydrogens is 332 g/mol. The Morgan fingerprint density at radius 3 is 2.28 bits per heavy atom. The number of ether oxygens (including phenoxy) is 2.